The summed E-state index contributed by atoms with van der Waals surface area (Å²) >= 11 is 1.93. The van der Waals surface area contributed by atoms with E-state index in [1.807, 2.05) is 28.9 Å². The lowest BCUT2D eigenvalue weighted by atomic mass is 9.95. The van der Waals surface area contributed by atoms with Crippen LogP contribution in [0.5, 0.6) is 0 Å². The second-order valence-electron chi connectivity index (χ2n) is 7.03. The van der Waals surface area contributed by atoms with Gasteiger partial charge in [-0.1, -0.05) is 20.8 Å². The predicted molar refractivity (Wildman–Crippen MR) is 90.3 cm³/mol. The molecular formula is C16H24N4OS. The highest BCUT2D eigenvalue weighted by Gasteiger charge is 2.36. The van der Waals surface area contributed by atoms with E-state index in [2.05, 4.69) is 35.6 Å². The summed E-state index contributed by atoms with van der Waals surface area (Å²) in [6.07, 6.45) is 1.82. The summed E-state index contributed by atoms with van der Waals surface area (Å²) < 4.78 is 0. The van der Waals surface area contributed by atoms with E-state index < -0.39 is 0 Å². The van der Waals surface area contributed by atoms with Crippen molar-refractivity contribution >= 4 is 23.5 Å². The molecule has 3 heterocycles. The third-order valence-corrected chi connectivity index (χ3v) is 5.13. The normalized spacial score (nSPS) is 20.0. The summed E-state index contributed by atoms with van der Waals surface area (Å²) in [5.41, 5.74) is -0.0540. The Hall–Kier alpha value is -1.30. The Labute approximate surface area is 136 Å². The molecule has 3 rings (SSSR count). The van der Waals surface area contributed by atoms with E-state index in [9.17, 15) is 4.79 Å². The minimum absolute atomic E-state index is 0.0540. The van der Waals surface area contributed by atoms with Crippen LogP contribution in [0.15, 0.2) is 12.3 Å². The molecule has 0 saturated carbocycles. The average Bonchev–Trinajstić information content (AvgIpc) is 2.46. The van der Waals surface area contributed by atoms with Gasteiger partial charge in [0.15, 0.2) is 0 Å². The van der Waals surface area contributed by atoms with Crippen LogP contribution in [0.1, 0.15) is 26.6 Å². The van der Waals surface area contributed by atoms with E-state index in [0.717, 1.165) is 49.3 Å². The molecule has 2 fully saturated rings. The summed E-state index contributed by atoms with van der Waals surface area (Å²) in [5, 5.41) is 0. The van der Waals surface area contributed by atoms with Crippen LogP contribution in [0.2, 0.25) is 0 Å². The van der Waals surface area contributed by atoms with Gasteiger partial charge in [-0.2, -0.15) is 11.8 Å². The highest BCUT2D eigenvalue weighted by atomic mass is 32.2. The zero-order chi connectivity index (χ0) is 15.7. The van der Waals surface area contributed by atoms with Crippen molar-refractivity contribution in [2.75, 3.05) is 42.6 Å². The van der Waals surface area contributed by atoms with Crippen LogP contribution in [0.25, 0.3) is 0 Å². The van der Waals surface area contributed by atoms with E-state index in [-0.39, 0.29) is 11.3 Å². The highest BCUT2D eigenvalue weighted by Crippen LogP contribution is 2.27. The maximum atomic E-state index is 12.4. The number of amides is 1. The van der Waals surface area contributed by atoms with Crippen molar-refractivity contribution in [3.63, 3.8) is 0 Å². The van der Waals surface area contributed by atoms with Gasteiger partial charge in [-0.15, -0.1) is 0 Å². The van der Waals surface area contributed by atoms with Crippen LogP contribution in [-0.4, -0.2) is 58.5 Å². The molecule has 120 valence electrons. The lowest BCUT2D eigenvalue weighted by molar-refractivity contribution is -0.135. The van der Waals surface area contributed by atoms with Gasteiger partial charge in [0.2, 0.25) is 5.91 Å². The van der Waals surface area contributed by atoms with Gasteiger partial charge < -0.3 is 9.80 Å². The van der Waals surface area contributed by atoms with Crippen LogP contribution >= 0.6 is 11.8 Å². The Balaban J connectivity index is 1.60. The fourth-order valence-corrected chi connectivity index (χ4v) is 3.65. The molecule has 0 bridgehead atoms. The van der Waals surface area contributed by atoms with E-state index in [0.29, 0.717) is 5.91 Å². The third-order valence-electron chi connectivity index (χ3n) is 4.19. The fraction of sp³-hybridized carbons (Fsp3) is 0.688. The monoisotopic (exact) mass is 320 g/mol. The lowest BCUT2D eigenvalue weighted by Crippen LogP contribution is -2.56. The smallest absolute Gasteiger partial charge is 0.229 e. The zero-order valence-corrected chi connectivity index (χ0v) is 14.4. The standard InChI is InChI=1S/C16H24N4OS/c1-16(2,3)15-17-5-4-13(18-15)20-10-12(11-20)14(21)19-6-8-22-9-7-19/h4-5,12H,6-11H2,1-3H3. The van der Waals surface area contributed by atoms with Crippen LogP contribution in [-0.2, 0) is 10.2 Å². The van der Waals surface area contributed by atoms with Crippen LogP contribution < -0.4 is 4.90 Å². The number of hydrogen-bond donors (Lipinski definition) is 0. The van der Waals surface area contributed by atoms with E-state index in [1.165, 1.54) is 0 Å². The highest BCUT2D eigenvalue weighted by molar-refractivity contribution is 7.99. The van der Waals surface area contributed by atoms with Crippen molar-refractivity contribution in [3.05, 3.63) is 18.1 Å². The Morgan fingerprint density at radius 2 is 1.95 bits per heavy atom. The first kappa shape index (κ1) is 15.6. The first-order valence-corrected chi connectivity index (χ1v) is 9.05. The van der Waals surface area contributed by atoms with Gasteiger partial charge in [-0.3, -0.25) is 4.79 Å². The van der Waals surface area contributed by atoms with Gasteiger partial charge in [0.25, 0.3) is 0 Å². The fourth-order valence-electron chi connectivity index (χ4n) is 2.75. The first-order valence-electron chi connectivity index (χ1n) is 7.90. The van der Waals surface area contributed by atoms with Gasteiger partial charge >= 0.3 is 0 Å². The van der Waals surface area contributed by atoms with Crippen LogP contribution in [0.4, 0.5) is 5.82 Å². The van der Waals surface area contributed by atoms with Gasteiger partial charge in [-0.25, -0.2) is 9.97 Å². The van der Waals surface area contributed by atoms with Gasteiger partial charge in [0.1, 0.15) is 11.6 Å². The summed E-state index contributed by atoms with van der Waals surface area (Å²) in [5.74, 6) is 4.40. The number of nitrogens with zero attached hydrogens (tertiary/aromatic N) is 4. The van der Waals surface area contributed by atoms with Crippen molar-refractivity contribution in [3.8, 4) is 0 Å². The molecule has 1 aromatic rings. The Morgan fingerprint density at radius 3 is 2.59 bits per heavy atom. The molecule has 0 aromatic carbocycles. The van der Waals surface area contributed by atoms with Crippen LogP contribution in [0, 0.1) is 5.92 Å². The number of carbonyl (C=O) groups is 1. The molecule has 6 heteroatoms. The quantitative estimate of drug-likeness (QED) is 0.831. The molecule has 22 heavy (non-hydrogen) atoms. The molecule has 0 unspecified atom stereocenters. The van der Waals surface area contributed by atoms with Crippen molar-refractivity contribution < 1.29 is 4.79 Å². The number of anilines is 1. The molecule has 1 aromatic heterocycles. The van der Waals surface area contributed by atoms with E-state index >= 15 is 0 Å². The molecule has 0 N–H and O–H groups in total. The largest absolute Gasteiger partial charge is 0.355 e. The Morgan fingerprint density at radius 1 is 1.27 bits per heavy atom. The minimum Gasteiger partial charge on any atom is -0.355 e. The molecule has 0 radical (unpaired) electrons. The molecule has 2 aliphatic rings. The lowest BCUT2D eigenvalue weighted by Gasteiger charge is -2.42. The number of hydrogen-bond acceptors (Lipinski definition) is 5. The topological polar surface area (TPSA) is 49.3 Å². The molecule has 0 aliphatic carbocycles. The Kier molecular flexibility index (Phi) is 4.30. The zero-order valence-electron chi connectivity index (χ0n) is 13.6. The van der Waals surface area contributed by atoms with E-state index in [1.54, 1.807) is 0 Å². The van der Waals surface area contributed by atoms with Crippen molar-refractivity contribution in [1.29, 1.82) is 0 Å². The number of rotatable bonds is 2. The van der Waals surface area contributed by atoms with Crippen molar-refractivity contribution in [2.24, 2.45) is 5.92 Å². The molecule has 0 atom stereocenters. The summed E-state index contributed by atoms with van der Waals surface area (Å²) in [6, 6.07) is 1.94. The second kappa shape index (κ2) is 6.07. The van der Waals surface area contributed by atoms with Crippen molar-refractivity contribution in [2.45, 2.75) is 26.2 Å². The van der Waals surface area contributed by atoms with E-state index in [4.69, 9.17) is 0 Å². The average molecular weight is 320 g/mol. The molecule has 2 aliphatic heterocycles. The summed E-state index contributed by atoms with van der Waals surface area (Å²) in [7, 11) is 0. The van der Waals surface area contributed by atoms with Crippen LogP contribution in [0.3, 0.4) is 0 Å². The molecule has 1 amide bonds. The van der Waals surface area contributed by atoms with Gasteiger partial charge in [-0.05, 0) is 6.07 Å². The maximum absolute atomic E-state index is 12.4. The van der Waals surface area contributed by atoms with Crippen molar-refractivity contribution in [1.82, 2.24) is 14.9 Å². The van der Waals surface area contributed by atoms with Gasteiger partial charge in [0.05, 0.1) is 5.92 Å². The summed E-state index contributed by atoms with van der Waals surface area (Å²) in [6.45, 7) is 9.71. The molecule has 5 nitrogen and oxygen atoms in total. The number of aromatic nitrogens is 2. The molecular weight excluding hydrogens is 296 g/mol. The third kappa shape index (κ3) is 3.21. The predicted octanol–water partition coefficient (Wildman–Crippen LogP) is 1.79. The second-order valence-corrected chi connectivity index (χ2v) is 8.25. The number of carbonyl (C=O) groups excluding carboxylic acids is 1. The number of thioether (sulfide) groups is 1. The Bertz CT molecular complexity index is 545. The van der Waals surface area contributed by atoms with Gasteiger partial charge in [0, 0.05) is 49.3 Å². The maximum Gasteiger partial charge on any atom is 0.229 e. The molecule has 0 spiro atoms. The first-order chi connectivity index (χ1) is 10.4. The summed E-state index contributed by atoms with van der Waals surface area (Å²) in [4.78, 5) is 25.7. The molecule has 2 saturated heterocycles. The minimum atomic E-state index is -0.0540. The SMILES string of the molecule is CC(C)(C)c1nccc(N2CC(C(=O)N3CCSCC3)C2)n1.